The van der Waals surface area contributed by atoms with E-state index in [-0.39, 0.29) is 11.3 Å². The van der Waals surface area contributed by atoms with E-state index in [2.05, 4.69) is 4.98 Å². The van der Waals surface area contributed by atoms with Gasteiger partial charge in [0, 0.05) is 43.3 Å². The maximum absolute atomic E-state index is 13.5. The molecule has 166 valence electrons. The second-order valence-corrected chi connectivity index (χ2v) is 7.70. The van der Waals surface area contributed by atoms with E-state index < -0.39 is 11.6 Å². The Kier molecular flexibility index (Phi) is 7.74. The highest BCUT2D eigenvalue weighted by Gasteiger charge is 2.30. The lowest BCUT2D eigenvalue weighted by Crippen LogP contribution is -2.36. The number of likely N-dealkylation sites (tertiary alicyclic amines) is 1. The first-order valence-corrected chi connectivity index (χ1v) is 10.5. The summed E-state index contributed by atoms with van der Waals surface area (Å²) in [6.07, 6.45) is 6.01. The summed E-state index contributed by atoms with van der Waals surface area (Å²) in [5.74, 6) is -0.753. The van der Waals surface area contributed by atoms with Gasteiger partial charge < -0.3 is 15.0 Å². The summed E-state index contributed by atoms with van der Waals surface area (Å²) in [5, 5.41) is 7.45. The van der Waals surface area contributed by atoms with E-state index in [1.165, 1.54) is 37.5 Å². The molecule has 5 rings (SSSR count). The lowest BCUT2D eigenvalue weighted by atomic mass is 9.84. The third-order valence-corrected chi connectivity index (χ3v) is 5.67. The Morgan fingerprint density at radius 3 is 2.16 bits per heavy atom. The van der Waals surface area contributed by atoms with Crippen LogP contribution < -0.4 is 0 Å². The molecule has 0 radical (unpaired) electrons. The number of aromatic amines is 1. The zero-order chi connectivity index (χ0) is 22.4. The fourth-order valence-electron chi connectivity index (χ4n) is 3.80. The number of rotatable bonds is 2. The lowest BCUT2D eigenvalue weighted by Gasteiger charge is -2.28. The summed E-state index contributed by atoms with van der Waals surface area (Å²) in [4.78, 5) is 16.5. The Balaban J connectivity index is 0.000000179. The number of H-pyrrole nitrogens is 1. The SMILES string of the molecule is CO.Fc1ccc(-c2cc3cc(F)cc(F)c3[nH]2)cc1.O=C(C1CCC1)N1CCCC1. The van der Waals surface area contributed by atoms with E-state index in [1.54, 1.807) is 18.2 Å². The van der Waals surface area contributed by atoms with Gasteiger partial charge >= 0.3 is 0 Å². The average Bonchev–Trinajstić information content (AvgIpc) is 3.39. The fourth-order valence-corrected chi connectivity index (χ4v) is 3.80. The molecule has 0 bridgehead atoms. The van der Waals surface area contributed by atoms with Crippen molar-refractivity contribution in [3.8, 4) is 11.3 Å². The number of fused-ring (bicyclic) bond motifs is 1. The van der Waals surface area contributed by atoms with Crippen molar-refractivity contribution in [2.24, 2.45) is 5.92 Å². The Bertz CT molecular complexity index is 1010. The number of aliphatic hydroxyl groups is 1. The zero-order valence-electron chi connectivity index (χ0n) is 17.5. The van der Waals surface area contributed by atoms with Crippen LogP contribution in [0.25, 0.3) is 22.2 Å². The van der Waals surface area contributed by atoms with Gasteiger partial charge in [0.25, 0.3) is 0 Å². The zero-order valence-corrected chi connectivity index (χ0v) is 17.5. The number of aliphatic hydroxyl groups excluding tert-OH is 1. The van der Waals surface area contributed by atoms with Gasteiger partial charge in [0.15, 0.2) is 0 Å². The summed E-state index contributed by atoms with van der Waals surface area (Å²) in [5.41, 5.74) is 1.58. The van der Waals surface area contributed by atoms with Crippen LogP contribution in [-0.4, -0.2) is 41.1 Å². The molecule has 2 fully saturated rings. The standard InChI is InChI=1S/C14H8F3N.C9H15NO.CH4O/c15-10-3-1-8(2-4-10)13-6-9-5-11(16)7-12(17)14(9)18-13;11-9(8-4-3-5-8)10-6-1-2-7-10;1-2/h1-7,18H;8H,1-7H2;2H,1H3. The molecule has 2 N–H and O–H groups in total. The van der Waals surface area contributed by atoms with Gasteiger partial charge in [-0.05, 0) is 67.6 Å². The molecule has 0 unspecified atom stereocenters. The second-order valence-electron chi connectivity index (χ2n) is 7.70. The van der Waals surface area contributed by atoms with E-state index in [9.17, 15) is 18.0 Å². The summed E-state index contributed by atoms with van der Waals surface area (Å²) in [6, 6.07) is 9.50. The molecule has 1 aliphatic carbocycles. The van der Waals surface area contributed by atoms with E-state index >= 15 is 0 Å². The van der Waals surface area contributed by atoms with Crippen molar-refractivity contribution in [1.29, 1.82) is 0 Å². The Labute approximate surface area is 179 Å². The van der Waals surface area contributed by atoms with Crippen molar-refractivity contribution >= 4 is 16.8 Å². The molecular formula is C24H27F3N2O2. The highest BCUT2D eigenvalue weighted by atomic mass is 19.1. The van der Waals surface area contributed by atoms with E-state index in [0.29, 0.717) is 28.5 Å². The van der Waals surface area contributed by atoms with Gasteiger partial charge in [-0.3, -0.25) is 4.79 Å². The molecule has 1 saturated carbocycles. The number of carbonyl (C=O) groups is 1. The molecule has 1 amide bonds. The molecule has 3 aromatic rings. The van der Waals surface area contributed by atoms with Crippen LogP contribution in [0.2, 0.25) is 0 Å². The molecule has 7 heteroatoms. The number of benzene rings is 2. The monoisotopic (exact) mass is 432 g/mol. The first-order valence-electron chi connectivity index (χ1n) is 10.5. The minimum absolute atomic E-state index is 0.246. The minimum Gasteiger partial charge on any atom is -0.400 e. The number of aromatic nitrogens is 1. The second kappa shape index (κ2) is 10.5. The summed E-state index contributed by atoms with van der Waals surface area (Å²) in [7, 11) is 1.00. The predicted molar refractivity (Wildman–Crippen MR) is 115 cm³/mol. The van der Waals surface area contributed by atoms with Crippen molar-refractivity contribution < 1.29 is 23.1 Å². The summed E-state index contributed by atoms with van der Waals surface area (Å²) in [6.45, 7) is 2.05. The summed E-state index contributed by atoms with van der Waals surface area (Å²) < 4.78 is 39.4. The van der Waals surface area contributed by atoms with Gasteiger partial charge in [0.05, 0.1) is 5.52 Å². The number of nitrogens with one attached hydrogen (secondary N) is 1. The number of halogens is 3. The number of hydrogen-bond donors (Lipinski definition) is 2. The normalized spacial score (nSPS) is 15.6. The number of carbonyl (C=O) groups excluding carboxylic acids is 1. The van der Waals surface area contributed by atoms with Crippen LogP contribution in [0.15, 0.2) is 42.5 Å². The first kappa shape index (κ1) is 22.9. The molecular weight excluding hydrogens is 405 g/mol. The lowest BCUT2D eigenvalue weighted by molar-refractivity contribution is -0.137. The molecule has 31 heavy (non-hydrogen) atoms. The number of hydrogen-bond acceptors (Lipinski definition) is 2. The van der Waals surface area contributed by atoms with E-state index in [1.807, 2.05) is 4.90 Å². The number of nitrogens with zero attached hydrogens (tertiary/aromatic N) is 1. The van der Waals surface area contributed by atoms with Crippen LogP contribution in [-0.2, 0) is 4.79 Å². The third-order valence-electron chi connectivity index (χ3n) is 5.67. The fraction of sp³-hybridized carbons (Fsp3) is 0.375. The quantitative estimate of drug-likeness (QED) is 0.580. The van der Waals surface area contributed by atoms with Gasteiger partial charge in [-0.15, -0.1) is 0 Å². The van der Waals surface area contributed by atoms with E-state index in [0.717, 1.165) is 39.1 Å². The van der Waals surface area contributed by atoms with Crippen LogP contribution >= 0.6 is 0 Å². The van der Waals surface area contributed by atoms with Crippen molar-refractivity contribution in [2.75, 3.05) is 20.2 Å². The van der Waals surface area contributed by atoms with E-state index in [4.69, 9.17) is 5.11 Å². The molecule has 1 saturated heterocycles. The van der Waals surface area contributed by atoms with Gasteiger partial charge in [0.2, 0.25) is 5.91 Å². The first-order chi connectivity index (χ1) is 15.0. The van der Waals surface area contributed by atoms with Crippen LogP contribution in [0.1, 0.15) is 32.1 Å². The Morgan fingerprint density at radius 2 is 1.58 bits per heavy atom. The van der Waals surface area contributed by atoms with Crippen molar-refractivity contribution in [1.82, 2.24) is 9.88 Å². The van der Waals surface area contributed by atoms with Crippen LogP contribution in [0.5, 0.6) is 0 Å². The predicted octanol–water partition coefficient (Wildman–Crippen LogP) is 5.27. The molecule has 1 aromatic heterocycles. The number of amides is 1. The van der Waals surface area contributed by atoms with Gasteiger partial charge in [-0.2, -0.15) is 0 Å². The topological polar surface area (TPSA) is 56.3 Å². The Hall–Kier alpha value is -2.80. The maximum Gasteiger partial charge on any atom is 0.225 e. The van der Waals surface area contributed by atoms with Crippen molar-refractivity contribution in [3.05, 3.63) is 59.9 Å². The van der Waals surface area contributed by atoms with Crippen molar-refractivity contribution in [3.63, 3.8) is 0 Å². The maximum atomic E-state index is 13.5. The molecule has 1 aliphatic heterocycles. The molecule has 4 nitrogen and oxygen atoms in total. The molecule has 2 aromatic carbocycles. The third kappa shape index (κ3) is 5.47. The van der Waals surface area contributed by atoms with Crippen molar-refractivity contribution in [2.45, 2.75) is 32.1 Å². The van der Waals surface area contributed by atoms with Crippen LogP contribution in [0, 0.1) is 23.4 Å². The minimum atomic E-state index is -0.640. The van der Waals surface area contributed by atoms with Gasteiger partial charge in [0.1, 0.15) is 17.5 Å². The summed E-state index contributed by atoms with van der Waals surface area (Å²) >= 11 is 0. The molecule has 0 atom stereocenters. The highest BCUT2D eigenvalue weighted by molar-refractivity contribution is 5.86. The highest BCUT2D eigenvalue weighted by Crippen LogP contribution is 2.29. The largest absolute Gasteiger partial charge is 0.400 e. The van der Waals surface area contributed by atoms with Crippen LogP contribution in [0.3, 0.4) is 0 Å². The molecule has 2 heterocycles. The average molecular weight is 432 g/mol. The van der Waals surface area contributed by atoms with Gasteiger partial charge in [-0.25, -0.2) is 13.2 Å². The molecule has 0 spiro atoms. The van der Waals surface area contributed by atoms with Crippen LogP contribution in [0.4, 0.5) is 13.2 Å². The smallest absolute Gasteiger partial charge is 0.225 e. The van der Waals surface area contributed by atoms with Gasteiger partial charge in [-0.1, -0.05) is 6.42 Å². The Morgan fingerprint density at radius 1 is 0.935 bits per heavy atom. The molecule has 2 aliphatic rings.